The number of hydrogen-bond acceptors (Lipinski definition) is 6. The number of amides is 3. The Hall–Kier alpha value is -2.97. The standard InChI is InChI=1S/C14H15N3O6/c1-8-3-2-4-10(12(8)17(21)22)13(19)23-7-11(18)16-14(20)15-9-5-6-9/h2-4,9H,5-7H2,1H3,(H2,15,16,18,20). The molecule has 23 heavy (non-hydrogen) atoms. The molecule has 0 bridgehead atoms. The molecule has 3 amide bonds. The summed E-state index contributed by atoms with van der Waals surface area (Å²) in [4.78, 5) is 45.0. The molecule has 9 nitrogen and oxygen atoms in total. The van der Waals surface area contributed by atoms with Gasteiger partial charge in [0.1, 0.15) is 5.56 Å². The van der Waals surface area contributed by atoms with Crippen LogP contribution in [0.15, 0.2) is 18.2 Å². The number of para-hydroxylation sites is 1. The maximum atomic E-state index is 11.9. The van der Waals surface area contributed by atoms with E-state index in [0.717, 1.165) is 12.8 Å². The molecule has 0 spiro atoms. The van der Waals surface area contributed by atoms with Crippen LogP contribution in [0.4, 0.5) is 10.5 Å². The molecule has 0 aromatic heterocycles. The first-order valence-electron chi connectivity index (χ1n) is 6.90. The number of rotatable bonds is 5. The average molecular weight is 321 g/mol. The molecule has 0 radical (unpaired) electrons. The van der Waals surface area contributed by atoms with Gasteiger partial charge in [-0.1, -0.05) is 12.1 Å². The molecule has 0 atom stereocenters. The number of hydrogen-bond donors (Lipinski definition) is 2. The molecule has 1 aliphatic rings. The van der Waals surface area contributed by atoms with Crippen LogP contribution in [0.5, 0.6) is 0 Å². The number of imide groups is 1. The summed E-state index contributed by atoms with van der Waals surface area (Å²) in [6, 6.07) is 3.63. The summed E-state index contributed by atoms with van der Waals surface area (Å²) in [5, 5.41) is 15.5. The second-order valence-corrected chi connectivity index (χ2v) is 5.10. The highest BCUT2D eigenvalue weighted by Crippen LogP contribution is 2.23. The molecule has 1 aromatic rings. The van der Waals surface area contributed by atoms with Crippen molar-refractivity contribution in [2.24, 2.45) is 0 Å². The van der Waals surface area contributed by atoms with E-state index in [0.29, 0.717) is 5.56 Å². The number of esters is 1. The van der Waals surface area contributed by atoms with Gasteiger partial charge in [0.2, 0.25) is 0 Å². The van der Waals surface area contributed by atoms with Crippen molar-refractivity contribution in [3.05, 3.63) is 39.4 Å². The van der Waals surface area contributed by atoms with Crippen LogP contribution in [0.25, 0.3) is 0 Å². The summed E-state index contributed by atoms with van der Waals surface area (Å²) in [5.74, 6) is -1.81. The van der Waals surface area contributed by atoms with E-state index in [1.807, 2.05) is 5.32 Å². The smallest absolute Gasteiger partial charge is 0.345 e. The lowest BCUT2D eigenvalue weighted by molar-refractivity contribution is -0.385. The Balaban J connectivity index is 1.91. The van der Waals surface area contributed by atoms with E-state index in [-0.39, 0.29) is 17.3 Å². The molecular formula is C14H15N3O6. The second kappa shape index (κ2) is 6.86. The van der Waals surface area contributed by atoms with Gasteiger partial charge in [0, 0.05) is 11.6 Å². The number of urea groups is 1. The summed E-state index contributed by atoms with van der Waals surface area (Å²) in [6.45, 7) is 0.784. The number of nitro benzene ring substituents is 1. The van der Waals surface area contributed by atoms with Crippen LogP contribution in [0.3, 0.4) is 0 Å². The predicted molar refractivity (Wildman–Crippen MR) is 77.8 cm³/mol. The summed E-state index contributed by atoms with van der Waals surface area (Å²) in [6.07, 6.45) is 1.74. The van der Waals surface area contributed by atoms with Gasteiger partial charge >= 0.3 is 12.0 Å². The number of aryl methyl sites for hydroxylation is 1. The lowest BCUT2D eigenvalue weighted by Gasteiger charge is -2.07. The van der Waals surface area contributed by atoms with Gasteiger partial charge in [-0.2, -0.15) is 0 Å². The van der Waals surface area contributed by atoms with E-state index in [9.17, 15) is 24.5 Å². The number of carbonyl (C=O) groups is 3. The molecule has 2 N–H and O–H groups in total. The molecule has 2 rings (SSSR count). The van der Waals surface area contributed by atoms with E-state index >= 15 is 0 Å². The van der Waals surface area contributed by atoms with E-state index in [2.05, 4.69) is 5.32 Å². The SMILES string of the molecule is Cc1cccc(C(=O)OCC(=O)NC(=O)NC2CC2)c1[N+](=O)[O-]. The fourth-order valence-electron chi connectivity index (χ4n) is 1.89. The van der Waals surface area contributed by atoms with E-state index < -0.39 is 29.4 Å². The lowest BCUT2D eigenvalue weighted by atomic mass is 10.1. The first-order valence-corrected chi connectivity index (χ1v) is 6.90. The summed E-state index contributed by atoms with van der Waals surface area (Å²) in [7, 11) is 0. The minimum Gasteiger partial charge on any atom is -0.452 e. The quantitative estimate of drug-likeness (QED) is 0.474. The Labute approximate surface area is 131 Å². The Kier molecular flexibility index (Phi) is 4.89. The maximum Gasteiger partial charge on any atom is 0.345 e. The Morgan fingerprint density at radius 1 is 1.35 bits per heavy atom. The Bertz CT molecular complexity index is 668. The maximum absolute atomic E-state index is 11.9. The zero-order valence-corrected chi connectivity index (χ0v) is 12.3. The molecular weight excluding hydrogens is 306 g/mol. The average Bonchev–Trinajstić information content (AvgIpc) is 3.27. The molecule has 0 aliphatic heterocycles. The molecule has 1 fully saturated rings. The van der Waals surface area contributed by atoms with Crippen molar-refractivity contribution in [2.75, 3.05) is 6.61 Å². The van der Waals surface area contributed by atoms with Gasteiger partial charge in [-0.3, -0.25) is 20.2 Å². The summed E-state index contributed by atoms with van der Waals surface area (Å²) >= 11 is 0. The minimum absolute atomic E-state index is 0.0836. The lowest BCUT2D eigenvalue weighted by Crippen LogP contribution is -2.42. The van der Waals surface area contributed by atoms with Crippen molar-refractivity contribution in [1.82, 2.24) is 10.6 Å². The molecule has 1 saturated carbocycles. The summed E-state index contributed by atoms with van der Waals surface area (Å²) < 4.78 is 4.72. The second-order valence-electron chi connectivity index (χ2n) is 5.10. The number of nitrogens with one attached hydrogen (secondary N) is 2. The highest BCUT2D eigenvalue weighted by atomic mass is 16.6. The third-order valence-corrected chi connectivity index (χ3v) is 3.14. The van der Waals surface area contributed by atoms with Gasteiger partial charge in [-0.15, -0.1) is 0 Å². The van der Waals surface area contributed by atoms with Crippen LogP contribution in [0.1, 0.15) is 28.8 Å². The van der Waals surface area contributed by atoms with E-state index in [1.54, 1.807) is 0 Å². The highest BCUT2D eigenvalue weighted by Gasteiger charge is 2.26. The molecule has 9 heteroatoms. The van der Waals surface area contributed by atoms with E-state index in [1.165, 1.54) is 25.1 Å². The molecule has 122 valence electrons. The Morgan fingerprint density at radius 3 is 2.65 bits per heavy atom. The third kappa shape index (κ3) is 4.50. The normalized spacial score (nSPS) is 13.1. The van der Waals surface area contributed by atoms with Crippen LogP contribution in [0, 0.1) is 17.0 Å². The number of nitrogens with zero attached hydrogens (tertiary/aromatic N) is 1. The predicted octanol–water partition coefficient (Wildman–Crippen LogP) is 1.05. The molecule has 1 aromatic carbocycles. The van der Waals surface area contributed by atoms with Crippen molar-refractivity contribution < 1.29 is 24.0 Å². The van der Waals surface area contributed by atoms with Gasteiger partial charge in [0.05, 0.1) is 4.92 Å². The largest absolute Gasteiger partial charge is 0.452 e. The molecule has 0 saturated heterocycles. The molecule has 0 unspecified atom stereocenters. The number of nitro groups is 1. The Morgan fingerprint density at radius 2 is 2.04 bits per heavy atom. The first kappa shape index (κ1) is 16.4. The van der Waals surface area contributed by atoms with Crippen LogP contribution < -0.4 is 10.6 Å². The van der Waals surface area contributed by atoms with Crippen molar-refractivity contribution in [2.45, 2.75) is 25.8 Å². The van der Waals surface area contributed by atoms with Crippen molar-refractivity contribution >= 4 is 23.6 Å². The van der Waals surface area contributed by atoms with Gasteiger partial charge in [-0.25, -0.2) is 9.59 Å². The number of carbonyl (C=O) groups excluding carboxylic acids is 3. The zero-order valence-electron chi connectivity index (χ0n) is 12.3. The van der Waals surface area contributed by atoms with Crippen LogP contribution in [0.2, 0.25) is 0 Å². The van der Waals surface area contributed by atoms with Crippen molar-refractivity contribution in [3.8, 4) is 0 Å². The van der Waals surface area contributed by atoms with Gasteiger partial charge in [0.25, 0.3) is 11.6 Å². The van der Waals surface area contributed by atoms with Gasteiger partial charge < -0.3 is 10.1 Å². The van der Waals surface area contributed by atoms with Crippen molar-refractivity contribution in [3.63, 3.8) is 0 Å². The topological polar surface area (TPSA) is 128 Å². The monoisotopic (exact) mass is 321 g/mol. The van der Waals surface area contributed by atoms with Crippen LogP contribution >= 0.6 is 0 Å². The zero-order chi connectivity index (χ0) is 17.0. The van der Waals surface area contributed by atoms with Crippen molar-refractivity contribution in [1.29, 1.82) is 0 Å². The van der Waals surface area contributed by atoms with E-state index in [4.69, 9.17) is 4.74 Å². The fraction of sp³-hybridized carbons (Fsp3) is 0.357. The fourth-order valence-corrected chi connectivity index (χ4v) is 1.89. The number of benzene rings is 1. The number of ether oxygens (including phenoxy) is 1. The van der Waals surface area contributed by atoms with Crippen LogP contribution in [-0.2, 0) is 9.53 Å². The van der Waals surface area contributed by atoms with Gasteiger partial charge in [0.15, 0.2) is 6.61 Å². The third-order valence-electron chi connectivity index (χ3n) is 3.14. The minimum atomic E-state index is -1.00. The molecule has 0 heterocycles. The molecule has 1 aliphatic carbocycles. The first-order chi connectivity index (χ1) is 10.9. The van der Waals surface area contributed by atoms with Crippen LogP contribution in [-0.4, -0.2) is 35.5 Å². The highest BCUT2D eigenvalue weighted by molar-refractivity contribution is 5.98. The van der Waals surface area contributed by atoms with Gasteiger partial charge in [-0.05, 0) is 25.8 Å². The summed E-state index contributed by atoms with van der Waals surface area (Å²) in [5.41, 5.74) is -0.313.